The molecule has 3 fully saturated rings. The van der Waals surface area contributed by atoms with Crippen LogP contribution in [0.1, 0.15) is 85.0 Å². The molecule has 0 radical (unpaired) electrons. The van der Waals surface area contributed by atoms with Gasteiger partial charge in [0.25, 0.3) is 0 Å². The van der Waals surface area contributed by atoms with E-state index in [1.54, 1.807) is 0 Å². The number of hydrogen-bond acceptors (Lipinski definition) is 5. The molecular weight excluding hydrogens is 459 g/mol. The molecule has 0 N–H and O–H groups in total. The Morgan fingerprint density at radius 2 is 1.81 bits per heavy atom. The van der Waals surface area contributed by atoms with E-state index in [0.717, 1.165) is 25.7 Å². The number of unbranched alkanes of at least 4 members (excludes halogenated alkanes) is 4. The highest BCUT2D eigenvalue weighted by molar-refractivity contribution is 14.1. The summed E-state index contributed by atoms with van der Waals surface area (Å²) in [6.45, 7) is 6.28. The van der Waals surface area contributed by atoms with E-state index < -0.39 is 5.79 Å². The third kappa shape index (κ3) is 6.28. The van der Waals surface area contributed by atoms with Gasteiger partial charge in [-0.05, 0) is 20.3 Å². The van der Waals surface area contributed by atoms with Crippen LogP contribution < -0.4 is 0 Å². The Bertz CT molecular complexity index is 497. The maximum atomic E-state index is 11.7. The lowest BCUT2D eigenvalue weighted by Gasteiger charge is -2.45. The molecule has 6 atom stereocenters. The van der Waals surface area contributed by atoms with Gasteiger partial charge < -0.3 is 18.9 Å². The summed E-state index contributed by atoms with van der Waals surface area (Å²) in [6.07, 6.45) is 11.0. The summed E-state index contributed by atoms with van der Waals surface area (Å²) in [5.41, 5.74) is 0. The zero-order valence-electron chi connectivity index (χ0n) is 17.0. The van der Waals surface area contributed by atoms with Gasteiger partial charge in [-0.1, -0.05) is 61.6 Å². The summed E-state index contributed by atoms with van der Waals surface area (Å²) in [4.78, 5) is 11.7. The number of esters is 1. The number of carbonyl (C=O) groups is 1. The van der Waals surface area contributed by atoms with E-state index >= 15 is 0 Å². The molecule has 0 aromatic heterocycles. The average Bonchev–Trinajstić information content (AvgIpc) is 2.57. The van der Waals surface area contributed by atoms with Crippen LogP contribution in [0.4, 0.5) is 0 Å². The van der Waals surface area contributed by atoms with E-state index in [1.807, 2.05) is 13.8 Å². The van der Waals surface area contributed by atoms with Crippen LogP contribution in [-0.4, -0.2) is 46.2 Å². The number of halogens is 1. The topological polar surface area (TPSA) is 54.0 Å². The van der Waals surface area contributed by atoms with E-state index in [2.05, 4.69) is 29.5 Å². The third-order valence-electron chi connectivity index (χ3n) is 5.80. The SMILES string of the molecule is CCCCCCC[C@@H]1C[C@H](C[C@H]2O[C@@H]3CC(=O)O[C@@H](C3)[C@H]2I)OC(C)(C)O1. The molecule has 2 bridgehead atoms. The molecule has 0 aliphatic carbocycles. The van der Waals surface area contributed by atoms with E-state index in [4.69, 9.17) is 18.9 Å². The summed E-state index contributed by atoms with van der Waals surface area (Å²) in [5, 5.41) is 0. The number of carbonyl (C=O) groups excluding carboxylic acids is 1. The molecule has 5 nitrogen and oxygen atoms in total. The smallest absolute Gasteiger partial charge is 0.308 e. The predicted molar refractivity (Wildman–Crippen MR) is 112 cm³/mol. The molecule has 3 heterocycles. The number of hydrogen-bond donors (Lipinski definition) is 0. The van der Waals surface area contributed by atoms with Gasteiger partial charge in [0.1, 0.15) is 6.10 Å². The predicted octanol–water partition coefficient (Wildman–Crippen LogP) is 4.92. The number of alkyl halides is 1. The highest BCUT2D eigenvalue weighted by Gasteiger charge is 2.45. The second kappa shape index (κ2) is 9.72. The summed E-state index contributed by atoms with van der Waals surface area (Å²) in [6, 6.07) is 0. The Labute approximate surface area is 177 Å². The van der Waals surface area contributed by atoms with Crippen molar-refractivity contribution in [2.45, 2.75) is 125 Å². The van der Waals surface area contributed by atoms with Crippen LogP contribution >= 0.6 is 22.6 Å². The molecule has 3 rings (SSSR count). The fourth-order valence-electron chi connectivity index (χ4n) is 4.62. The summed E-state index contributed by atoms with van der Waals surface area (Å²) >= 11 is 2.39. The van der Waals surface area contributed by atoms with Crippen molar-refractivity contribution < 1.29 is 23.7 Å². The Kier molecular flexibility index (Phi) is 7.84. The average molecular weight is 494 g/mol. The zero-order chi connectivity index (χ0) is 19.4. The Morgan fingerprint density at radius 1 is 1.07 bits per heavy atom. The minimum atomic E-state index is -0.547. The molecule has 0 aromatic carbocycles. The van der Waals surface area contributed by atoms with E-state index in [-0.39, 0.29) is 40.4 Å². The van der Waals surface area contributed by atoms with Crippen LogP contribution in [-0.2, 0) is 23.7 Å². The summed E-state index contributed by atoms with van der Waals surface area (Å²) in [7, 11) is 0. The first-order valence-electron chi connectivity index (χ1n) is 10.7. The van der Waals surface area contributed by atoms with Gasteiger partial charge >= 0.3 is 5.97 Å². The second-order valence-electron chi connectivity index (χ2n) is 8.76. The first kappa shape index (κ1) is 21.8. The lowest BCUT2D eigenvalue weighted by Crippen LogP contribution is -2.53. The molecule has 3 aliphatic heterocycles. The van der Waals surface area contributed by atoms with Crippen LogP contribution in [0.15, 0.2) is 0 Å². The standard InChI is InChI=1S/C21H35IO5/c1-4-5-6-7-8-9-14-10-16(27-21(2,3)26-14)12-17-20(22)18-11-15(24-17)13-19(23)25-18/h14-18,20H,4-13H2,1-3H3/t14-,15+,16-,17-,18+,20+/m1/s1. The molecule has 27 heavy (non-hydrogen) atoms. The van der Waals surface area contributed by atoms with Gasteiger partial charge in [0, 0.05) is 19.3 Å². The van der Waals surface area contributed by atoms with Crippen LogP contribution in [0.2, 0.25) is 0 Å². The normalized spacial score (nSPS) is 38.4. The Morgan fingerprint density at radius 3 is 2.59 bits per heavy atom. The number of rotatable bonds is 8. The molecular formula is C21H35IO5. The van der Waals surface area contributed by atoms with Crippen molar-refractivity contribution in [3.8, 4) is 0 Å². The fourth-order valence-corrected chi connectivity index (χ4v) is 5.52. The van der Waals surface area contributed by atoms with Crippen LogP contribution in [0.3, 0.4) is 0 Å². The van der Waals surface area contributed by atoms with Crippen molar-refractivity contribution in [1.29, 1.82) is 0 Å². The molecule has 6 heteroatoms. The van der Waals surface area contributed by atoms with Crippen LogP contribution in [0.25, 0.3) is 0 Å². The first-order chi connectivity index (χ1) is 12.9. The fraction of sp³-hybridized carbons (Fsp3) is 0.952. The highest BCUT2D eigenvalue weighted by Crippen LogP contribution is 2.38. The maximum absolute atomic E-state index is 11.7. The molecule has 0 spiro atoms. The third-order valence-corrected chi connectivity index (χ3v) is 7.41. The van der Waals surface area contributed by atoms with Crippen molar-refractivity contribution in [3.05, 3.63) is 0 Å². The molecule has 0 saturated carbocycles. The molecule has 3 aliphatic rings. The van der Waals surface area contributed by atoms with Crippen LogP contribution in [0.5, 0.6) is 0 Å². The lowest BCUT2D eigenvalue weighted by atomic mass is 9.91. The molecule has 0 aromatic rings. The van der Waals surface area contributed by atoms with Gasteiger partial charge in [-0.3, -0.25) is 4.79 Å². The summed E-state index contributed by atoms with van der Waals surface area (Å²) < 4.78 is 24.4. The quantitative estimate of drug-likeness (QED) is 0.208. The van der Waals surface area contributed by atoms with Crippen molar-refractivity contribution in [2.24, 2.45) is 0 Å². The van der Waals surface area contributed by atoms with Gasteiger partial charge in [0.05, 0.1) is 34.8 Å². The Balaban J connectivity index is 1.51. The van der Waals surface area contributed by atoms with E-state index in [1.165, 1.54) is 32.1 Å². The minimum absolute atomic E-state index is 0.00878. The molecule has 0 amide bonds. The molecule has 3 saturated heterocycles. The van der Waals surface area contributed by atoms with Crippen molar-refractivity contribution in [3.63, 3.8) is 0 Å². The van der Waals surface area contributed by atoms with Gasteiger partial charge in [0.2, 0.25) is 0 Å². The monoisotopic (exact) mass is 494 g/mol. The first-order valence-corrected chi connectivity index (χ1v) is 12.0. The highest BCUT2D eigenvalue weighted by atomic mass is 127. The molecule has 156 valence electrons. The largest absolute Gasteiger partial charge is 0.461 e. The second-order valence-corrected chi connectivity index (χ2v) is 10.2. The van der Waals surface area contributed by atoms with E-state index in [9.17, 15) is 4.79 Å². The number of ether oxygens (including phenoxy) is 4. The van der Waals surface area contributed by atoms with Gasteiger partial charge in [0.15, 0.2) is 5.79 Å². The maximum Gasteiger partial charge on any atom is 0.308 e. The minimum Gasteiger partial charge on any atom is -0.461 e. The molecule has 0 unspecified atom stereocenters. The van der Waals surface area contributed by atoms with Gasteiger partial charge in [-0.15, -0.1) is 0 Å². The van der Waals surface area contributed by atoms with Crippen LogP contribution in [0, 0.1) is 0 Å². The van der Waals surface area contributed by atoms with Gasteiger partial charge in [-0.25, -0.2) is 0 Å². The number of fused-ring (bicyclic) bond motifs is 2. The van der Waals surface area contributed by atoms with Crippen molar-refractivity contribution in [1.82, 2.24) is 0 Å². The van der Waals surface area contributed by atoms with Gasteiger partial charge in [-0.2, -0.15) is 0 Å². The van der Waals surface area contributed by atoms with Crippen molar-refractivity contribution >= 4 is 28.6 Å². The summed E-state index contributed by atoms with van der Waals surface area (Å²) in [5.74, 6) is -0.669. The van der Waals surface area contributed by atoms with E-state index in [0.29, 0.717) is 6.42 Å². The lowest BCUT2D eigenvalue weighted by molar-refractivity contribution is -0.305. The zero-order valence-corrected chi connectivity index (χ0v) is 19.1. The Hall–Kier alpha value is 0.0800. The van der Waals surface area contributed by atoms with Crippen molar-refractivity contribution in [2.75, 3.05) is 0 Å².